The number of rotatable bonds is 3. The highest BCUT2D eigenvalue weighted by Crippen LogP contribution is 2.43. The Kier molecular flexibility index (Phi) is 3.80. The van der Waals surface area contributed by atoms with E-state index in [1.165, 1.54) is 6.92 Å². The molecule has 0 saturated carbocycles. The quantitative estimate of drug-likeness (QED) is 0.652. The molecule has 1 fully saturated rings. The van der Waals surface area contributed by atoms with Crippen LogP contribution < -0.4 is 10.6 Å². The van der Waals surface area contributed by atoms with Gasteiger partial charge in [-0.3, -0.25) is 4.79 Å². The Bertz CT molecular complexity index is 260. The van der Waals surface area contributed by atoms with Gasteiger partial charge in [-0.05, 0) is 19.9 Å². The number of halogens is 3. The molecule has 7 heteroatoms. The number of amides is 1. The van der Waals surface area contributed by atoms with Crippen LogP contribution in [0.2, 0.25) is 0 Å². The predicted octanol–water partition coefficient (Wildman–Crippen LogP) is 0.0254. The van der Waals surface area contributed by atoms with Crippen LogP contribution in [0.15, 0.2) is 0 Å². The van der Waals surface area contributed by atoms with Gasteiger partial charge in [-0.15, -0.1) is 0 Å². The minimum atomic E-state index is -4.57. The second-order valence-electron chi connectivity index (χ2n) is 4.07. The average Bonchev–Trinajstić information content (AvgIpc) is 2.62. The fourth-order valence-electron chi connectivity index (χ4n) is 1.67. The molecule has 4 nitrogen and oxygen atoms in total. The molecule has 1 saturated heterocycles. The van der Waals surface area contributed by atoms with Crippen molar-refractivity contribution in [3.05, 3.63) is 0 Å². The monoisotopic (exact) mass is 240 g/mol. The third-order valence-corrected chi connectivity index (χ3v) is 2.69. The van der Waals surface area contributed by atoms with Crippen LogP contribution >= 0.6 is 0 Å². The van der Waals surface area contributed by atoms with Gasteiger partial charge < -0.3 is 15.7 Å². The summed E-state index contributed by atoms with van der Waals surface area (Å²) in [5.41, 5.74) is -2.35. The van der Waals surface area contributed by atoms with Crippen molar-refractivity contribution in [2.45, 2.75) is 25.6 Å². The molecule has 0 spiro atoms. The van der Waals surface area contributed by atoms with Gasteiger partial charge in [0.25, 0.3) is 0 Å². The first-order valence-corrected chi connectivity index (χ1v) is 5.03. The summed E-state index contributed by atoms with van der Waals surface area (Å²) >= 11 is 0. The zero-order valence-electron chi connectivity index (χ0n) is 8.90. The Morgan fingerprint density at radius 1 is 1.62 bits per heavy atom. The van der Waals surface area contributed by atoms with Gasteiger partial charge in [0.15, 0.2) is 5.41 Å². The maximum Gasteiger partial charge on any atom is 0.404 e. The van der Waals surface area contributed by atoms with Gasteiger partial charge in [-0.25, -0.2) is 0 Å². The number of alkyl halides is 3. The lowest BCUT2D eigenvalue weighted by molar-refractivity contribution is -0.216. The first-order chi connectivity index (χ1) is 7.29. The van der Waals surface area contributed by atoms with Crippen molar-refractivity contribution in [1.29, 1.82) is 0 Å². The topological polar surface area (TPSA) is 61.4 Å². The molecule has 3 N–H and O–H groups in total. The Labute approximate surface area is 91.2 Å². The highest BCUT2D eigenvalue weighted by molar-refractivity contribution is 5.84. The lowest BCUT2D eigenvalue weighted by Gasteiger charge is -2.29. The number of aliphatic hydroxyl groups is 1. The zero-order chi connectivity index (χ0) is 12.4. The minimum absolute atomic E-state index is 0.168. The molecule has 94 valence electrons. The van der Waals surface area contributed by atoms with E-state index in [0.29, 0.717) is 0 Å². The van der Waals surface area contributed by atoms with E-state index >= 15 is 0 Å². The van der Waals surface area contributed by atoms with Crippen LogP contribution in [0.25, 0.3) is 0 Å². The van der Waals surface area contributed by atoms with Gasteiger partial charge in [0, 0.05) is 13.1 Å². The SMILES string of the molecule is C[C@@H](O)CNC(=O)C1(C(F)(F)F)CCNC1. The number of carbonyl (C=O) groups excluding carboxylic acids is 1. The van der Waals surface area contributed by atoms with Crippen LogP contribution in [0.4, 0.5) is 13.2 Å². The van der Waals surface area contributed by atoms with Crippen LogP contribution in [-0.2, 0) is 4.79 Å². The molecule has 0 bridgehead atoms. The van der Waals surface area contributed by atoms with Crippen LogP contribution in [0.3, 0.4) is 0 Å². The highest BCUT2D eigenvalue weighted by Gasteiger charge is 2.61. The van der Waals surface area contributed by atoms with E-state index in [2.05, 4.69) is 10.6 Å². The lowest BCUT2D eigenvalue weighted by Crippen LogP contribution is -2.53. The molecule has 1 rings (SSSR count). The van der Waals surface area contributed by atoms with Crippen molar-refractivity contribution in [3.63, 3.8) is 0 Å². The van der Waals surface area contributed by atoms with E-state index < -0.39 is 30.1 Å². The summed E-state index contributed by atoms with van der Waals surface area (Å²) in [7, 11) is 0. The Morgan fingerprint density at radius 2 is 2.25 bits per heavy atom. The maximum atomic E-state index is 12.8. The largest absolute Gasteiger partial charge is 0.404 e. The first kappa shape index (κ1) is 13.2. The number of aliphatic hydroxyl groups excluding tert-OH is 1. The summed E-state index contributed by atoms with van der Waals surface area (Å²) in [6.07, 6.45) is -5.69. The molecule has 1 unspecified atom stereocenters. The second kappa shape index (κ2) is 4.58. The van der Waals surface area contributed by atoms with Crippen molar-refractivity contribution < 1.29 is 23.1 Å². The molecule has 0 radical (unpaired) electrons. The van der Waals surface area contributed by atoms with Crippen molar-refractivity contribution in [2.24, 2.45) is 5.41 Å². The molecule has 1 heterocycles. The zero-order valence-corrected chi connectivity index (χ0v) is 8.90. The van der Waals surface area contributed by atoms with Crippen molar-refractivity contribution in [3.8, 4) is 0 Å². The van der Waals surface area contributed by atoms with E-state index in [-0.39, 0.29) is 19.5 Å². The van der Waals surface area contributed by atoms with Crippen molar-refractivity contribution in [2.75, 3.05) is 19.6 Å². The summed E-state index contributed by atoms with van der Waals surface area (Å²) in [5, 5.41) is 13.6. The Morgan fingerprint density at radius 3 is 2.62 bits per heavy atom. The van der Waals surface area contributed by atoms with E-state index in [9.17, 15) is 18.0 Å². The molecule has 0 aliphatic carbocycles. The number of carbonyl (C=O) groups is 1. The number of nitrogens with one attached hydrogen (secondary N) is 2. The van der Waals surface area contributed by atoms with Crippen LogP contribution in [-0.4, -0.2) is 42.9 Å². The molecular weight excluding hydrogens is 225 g/mol. The number of hydrogen-bond donors (Lipinski definition) is 3. The summed E-state index contributed by atoms with van der Waals surface area (Å²) in [6.45, 7) is 0.994. The van der Waals surface area contributed by atoms with E-state index in [1.54, 1.807) is 0 Å². The van der Waals surface area contributed by atoms with Crippen molar-refractivity contribution >= 4 is 5.91 Å². The normalized spacial score (nSPS) is 27.8. The Balaban J connectivity index is 2.74. The molecule has 1 aliphatic rings. The van der Waals surface area contributed by atoms with Gasteiger partial charge in [0.1, 0.15) is 0 Å². The van der Waals surface area contributed by atoms with Gasteiger partial charge in [-0.2, -0.15) is 13.2 Å². The lowest BCUT2D eigenvalue weighted by atomic mass is 9.85. The van der Waals surface area contributed by atoms with E-state index in [1.807, 2.05) is 0 Å². The smallest absolute Gasteiger partial charge is 0.392 e. The minimum Gasteiger partial charge on any atom is -0.392 e. The van der Waals surface area contributed by atoms with Gasteiger partial charge in [0.2, 0.25) is 5.91 Å². The van der Waals surface area contributed by atoms with Gasteiger partial charge in [-0.1, -0.05) is 0 Å². The molecule has 1 amide bonds. The molecule has 0 aromatic carbocycles. The van der Waals surface area contributed by atoms with Gasteiger partial charge in [0.05, 0.1) is 6.10 Å². The van der Waals surface area contributed by atoms with Crippen molar-refractivity contribution in [1.82, 2.24) is 10.6 Å². The molecule has 0 aromatic heterocycles. The molecule has 2 atom stereocenters. The first-order valence-electron chi connectivity index (χ1n) is 5.03. The third-order valence-electron chi connectivity index (χ3n) is 2.69. The highest BCUT2D eigenvalue weighted by atomic mass is 19.4. The number of hydrogen-bond acceptors (Lipinski definition) is 3. The summed E-state index contributed by atoms with van der Waals surface area (Å²) in [4.78, 5) is 11.5. The molecule has 0 aromatic rings. The summed E-state index contributed by atoms with van der Waals surface area (Å²) in [6, 6.07) is 0. The Hall–Kier alpha value is -0.820. The third kappa shape index (κ3) is 2.46. The van der Waals surface area contributed by atoms with Crippen LogP contribution in [0, 0.1) is 5.41 Å². The van der Waals surface area contributed by atoms with E-state index in [4.69, 9.17) is 5.11 Å². The molecule has 16 heavy (non-hydrogen) atoms. The fourth-order valence-corrected chi connectivity index (χ4v) is 1.67. The van der Waals surface area contributed by atoms with Gasteiger partial charge >= 0.3 is 6.18 Å². The molecule has 1 aliphatic heterocycles. The average molecular weight is 240 g/mol. The second-order valence-corrected chi connectivity index (χ2v) is 4.07. The maximum absolute atomic E-state index is 12.8. The fraction of sp³-hybridized carbons (Fsp3) is 0.889. The van der Waals surface area contributed by atoms with Crippen LogP contribution in [0.1, 0.15) is 13.3 Å². The predicted molar refractivity (Wildman–Crippen MR) is 50.7 cm³/mol. The van der Waals surface area contributed by atoms with E-state index in [0.717, 1.165) is 0 Å². The van der Waals surface area contributed by atoms with Crippen LogP contribution in [0.5, 0.6) is 0 Å². The summed E-state index contributed by atoms with van der Waals surface area (Å²) in [5.74, 6) is -1.06. The molecular formula is C9H15F3N2O2. The summed E-state index contributed by atoms with van der Waals surface area (Å²) < 4.78 is 38.5. The standard InChI is InChI=1S/C9H15F3N2O2/c1-6(15)4-14-7(16)8(9(10,11)12)2-3-13-5-8/h6,13,15H,2-5H2,1H3,(H,14,16)/t6-,8?/m1/s1.